The summed E-state index contributed by atoms with van der Waals surface area (Å²) in [4.78, 5) is 12.0. The fourth-order valence-corrected chi connectivity index (χ4v) is 2.07. The van der Waals surface area contributed by atoms with Crippen LogP contribution in [0.1, 0.15) is 29.8 Å². The minimum absolute atomic E-state index is 0.0233. The second-order valence-corrected chi connectivity index (χ2v) is 4.04. The minimum Gasteiger partial charge on any atom is -0.347 e. The normalized spacial score (nSPS) is 10.9. The Morgan fingerprint density at radius 2 is 2.28 bits per heavy atom. The lowest BCUT2D eigenvalue weighted by Crippen LogP contribution is -1.93. The Morgan fingerprint density at radius 1 is 1.50 bits per heavy atom. The summed E-state index contributed by atoms with van der Waals surface area (Å²) in [6.07, 6.45) is 5.13. The fraction of sp³-hybridized carbons (Fsp3) is 0.200. The molecule has 0 saturated carbocycles. The molecule has 0 amide bonds. The number of allylic oxidation sites excluding steroid dienone is 2. The van der Waals surface area contributed by atoms with E-state index in [1.54, 1.807) is 24.3 Å². The van der Waals surface area contributed by atoms with Gasteiger partial charge in [0, 0.05) is 29.2 Å². The number of fused-ring (bicyclic) bond motifs is 1. The van der Waals surface area contributed by atoms with Crippen molar-refractivity contribution in [3.63, 3.8) is 0 Å². The van der Waals surface area contributed by atoms with Crippen LogP contribution in [0.5, 0.6) is 0 Å². The fourth-order valence-electron chi connectivity index (χ4n) is 2.07. The molecule has 2 rings (SSSR count). The van der Waals surface area contributed by atoms with Crippen molar-refractivity contribution in [1.29, 1.82) is 5.26 Å². The van der Waals surface area contributed by atoms with Gasteiger partial charge in [-0.2, -0.15) is 5.26 Å². The second kappa shape index (κ2) is 4.89. The highest BCUT2D eigenvalue weighted by molar-refractivity contribution is 6.13. The monoisotopic (exact) mass is 238 g/mol. The van der Waals surface area contributed by atoms with Crippen LogP contribution in [0.2, 0.25) is 0 Å². The van der Waals surface area contributed by atoms with Crippen LogP contribution in [0.3, 0.4) is 0 Å². The summed E-state index contributed by atoms with van der Waals surface area (Å²) in [5.74, 6) is -0.0233. The molecular weight excluding hydrogens is 224 g/mol. The maximum absolute atomic E-state index is 12.0. The molecule has 0 N–H and O–H groups in total. The quantitative estimate of drug-likeness (QED) is 0.608. The number of nitrogens with zero attached hydrogens (tertiary/aromatic N) is 2. The minimum atomic E-state index is -0.0233. The number of hydrogen-bond acceptors (Lipinski definition) is 2. The molecule has 18 heavy (non-hydrogen) atoms. The Balaban J connectivity index is 2.73. The Labute approximate surface area is 106 Å². The van der Waals surface area contributed by atoms with E-state index in [-0.39, 0.29) is 5.78 Å². The maximum atomic E-state index is 12.0. The molecule has 0 spiro atoms. The number of carbonyl (C=O) groups excluding carboxylic acids is 1. The molecule has 1 aromatic carbocycles. The zero-order valence-electron chi connectivity index (χ0n) is 10.5. The van der Waals surface area contributed by atoms with Crippen molar-refractivity contribution in [3.05, 3.63) is 47.7 Å². The summed E-state index contributed by atoms with van der Waals surface area (Å²) in [5, 5.41) is 9.78. The number of rotatable bonds is 3. The molecular formula is C15H14N2O. The lowest BCUT2D eigenvalue weighted by molar-refractivity contribution is 0.104. The predicted molar refractivity (Wildman–Crippen MR) is 71.5 cm³/mol. The topological polar surface area (TPSA) is 45.8 Å². The van der Waals surface area contributed by atoms with Crippen LogP contribution in [-0.2, 0) is 6.54 Å². The Morgan fingerprint density at radius 3 is 2.89 bits per heavy atom. The van der Waals surface area contributed by atoms with E-state index in [4.69, 9.17) is 5.26 Å². The van der Waals surface area contributed by atoms with Crippen molar-refractivity contribution in [2.75, 3.05) is 0 Å². The predicted octanol–water partition coefficient (Wildman–Crippen LogP) is 3.29. The molecule has 0 atom stereocenters. The molecule has 90 valence electrons. The van der Waals surface area contributed by atoms with Gasteiger partial charge in [-0.05, 0) is 38.1 Å². The zero-order valence-corrected chi connectivity index (χ0v) is 10.5. The third kappa shape index (κ3) is 1.93. The molecule has 0 radical (unpaired) electrons. The van der Waals surface area contributed by atoms with Crippen LogP contribution >= 0.6 is 0 Å². The summed E-state index contributed by atoms with van der Waals surface area (Å²) in [5.41, 5.74) is 2.22. The van der Waals surface area contributed by atoms with Gasteiger partial charge in [0.1, 0.15) is 0 Å². The van der Waals surface area contributed by atoms with Gasteiger partial charge in [0.15, 0.2) is 5.78 Å². The van der Waals surface area contributed by atoms with E-state index in [9.17, 15) is 4.79 Å². The van der Waals surface area contributed by atoms with Gasteiger partial charge in [0.25, 0.3) is 0 Å². The van der Waals surface area contributed by atoms with E-state index in [1.807, 2.05) is 30.7 Å². The number of carbonyl (C=O) groups is 1. The molecule has 0 unspecified atom stereocenters. The van der Waals surface area contributed by atoms with Gasteiger partial charge in [-0.1, -0.05) is 6.08 Å². The summed E-state index contributed by atoms with van der Waals surface area (Å²) in [6, 6.07) is 7.55. The Hall–Kier alpha value is -2.34. The SMILES string of the molecule is C/C=C/C(=O)c1cn(CC)c2ccc(C#N)cc12. The van der Waals surface area contributed by atoms with Crippen molar-refractivity contribution in [2.24, 2.45) is 0 Å². The molecule has 3 heteroatoms. The molecule has 2 aromatic rings. The van der Waals surface area contributed by atoms with Gasteiger partial charge in [-0.15, -0.1) is 0 Å². The van der Waals surface area contributed by atoms with Crippen LogP contribution in [0, 0.1) is 11.3 Å². The van der Waals surface area contributed by atoms with E-state index in [2.05, 4.69) is 6.07 Å². The van der Waals surface area contributed by atoms with Crippen LogP contribution in [0.15, 0.2) is 36.5 Å². The second-order valence-electron chi connectivity index (χ2n) is 4.04. The first-order valence-electron chi connectivity index (χ1n) is 5.91. The highest BCUT2D eigenvalue weighted by Crippen LogP contribution is 2.23. The van der Waals surface area contributed by atoms with Gasteiger partial charge < -0.3 is 4.57 Å². The van der Waals surface area contributed by atoms with E-state index in [1.165, 1.54) is 0 Å². The van der Waals surface area contributed by atoms with Crippen LogP contribution in [-0.4, -0.2) is 10.4 Å². The smallest absolute Gasteiger partial charge is 0.187 e. The van der Waals surface area contributed by atoms with Gasteiger partial charge in [-0.3, -0.25) is 4.79 Å². The first-order chi connectivity index (χ1) is 8.71. The number of aryl methyl sites for hydroxylation is 1. The van der Waals surface area contributed by atoms with Crippen LogP contribution in [0.4, 0.5) is 0 Å². The molecule has 0 aliphatic carbocycles. The number of ketones is 1. The Kier molecular flexibility index (Phi) is 3.29. The highest BCUT2D eigenvalue weighted by Gasteiger charge is 2.12. The maximum Gasteiger partial charge on any atom is 0.187 e. The molecule has 0 fully saturated rings. The van der Waals surface area contributed by atoms with Crippen LogP contribution < -0.4 is 0 Å². The summed E-state index contributed by atoms with van der Waals surface area (Å²) in [7, 11) is 0. The van der Waals surface area contributed by atoms with Crippen molar-refractivity contribution >= 4 is 16.7 Å². The van der Waals surface area contributed by atoms with Crippen LogP contribution in [0.25, 0.3) is 10.9 Å². The number of benzene rings is 1. The van der Waals surface area contributed by atoms with Gasteiger partial charge in [0.2, 0.25) is 0 Å². The average Bonchev–Trinajstić information content (AvgIpc) is 2.76. The zero-order chi connectivity index (χ0) is 13.1. The lowest BCUT2D eigenvalue weighted by Gasteiger charge is -1.99. The first-order valence-corrected chi connectivity index (χ1v) is 5.91. The first kappa shape index (κ1) is 12.1. The summed E-state index contributed by atoms with van der Waals surface area (Å²) in [6.45, 7) is 4.64. The van der Waals surface area contributed by atoms with E-state index >= 15 is 0 Å². The molecule has 0 bridgehead atoms. The lowest BCUT2D eigenvalue weighted by atomic mass is 10.1. The average molecular weight is 238 g/mol. The van der Waals surface area contributed by atoms with Crippen molar-refractivity contribution < 1.29 is 4.79 Å². The van der Waals surface area contributed by atoms with E-state index in [0.717, 1.165) is 17.4 Å². The standard InChI is InChI=1S/C15H14N2O/c1-3-5-15(18)13-10-17(4-2)14-7-6-11(9-16)8-12(13)14/h3,5-8,10H,4H2,1-2H3/b5-3+. The van der Waals surface area contributed by atoms with Gasteiger partial charge >= 0.3 is 0 Å². The molecule has 0 aliphatic rings. The molecule has 3 nitrogen and oxygen atoms in total. The third-order valence-electron chi connectivity index (χ3n) is 2.93. The molecule has 1 heterocycles. The summed E-state index contributed by atoms with van der Waals surface area (Å²) >= 11 is 0. The summed E-state index contributed by atoms with van der Waals surface area (Å²) < 4.78 is 2.02. The largest absolute Gasteiger partial charge is 0.347 e. The molecule has 1 aromatic heterocycles. The number of nitriles is 1. The van der Waals surface area contributed by atoms with E-state index < -0.39 is 0 Å². The number of aromatic nitrogens is 1. The third-order valence-corrected chi connectivity index (χ3v) is 2.93. The number of hydrogen-bond donors (Lipinski definition) is 0. The van der Waals surface area contributed by atoms with Gasteiger partial charge in [0.05, 0.1) is 11.6 Å². The van der Waals surface area contributed by atoms with Crippen molar-refractivity contribution in [2.45, 2.75) is 20.4 Å². The Bertz CT molecular complexity index is 672. The molecule has 0 saturated heterocycles. The molecule has 0 aliphatic heterocycles. The highest BCUT2D eigenvalue weighted by atomic mass is 16.1. The van der Waals surface area contributed by atoms with Gasteiger partial charge in [-0.25, -0.2) is 0 Å². The van der Waals surface area contributed by atoms with Crippen molar-refractivity contribution in [1.82, 2.24) is 4.57 Å². The van der Waals surface area contributed by atoms with E-state index in [0.29, 0.717) is 11.1 Å². The van der Waals surface area contributed by atoms with Crippen molar-refractivity contribution in [3.8, 4) is 6.07 Å².